The van der Waals surface area contributed by atoms with Crippen LogP contribution in [0.15, 0.2) is 24.3 Å². The third-order valence-electron chi connectivity index (χ3n) is 5.06. The van der Waals surface area contributed by atoms with Gasteiger partial charge in [0.05, 0.1) is 11.4 Å². The maximum atomic E-state index is 13.2. The Morgan fingerprint density at radius 2 is 1.92 bits per heavy atom. The van der Waals surface area contributed by atoms with Crippen LogP contribution in [0.1, 0.15) is 57.6 Å². The molecule has 0 saturated heterocycles. The molecule has 0 amide bonds. The number of aliphatic hydroxyl groups is 1. The van der Waals surface area contributed by atoms with Crippen LogP contribution in [0.25, 0.3) is 0 Å². The van der Waals surface area contributed by atoms with Crippen LogP contribution in [-0.4, -0.2) is 30.9 Å². The van der Waals surface area contributed by atoms with Crippen LogP contribution in [0.3, 0.4) is 0 Å². The van der Waals surface area contributed by atoms with Crippen molar-refractivity contribution in [3.63, 3.8) is 0 Å². The highest BCUT2D eigenvalue weighted by Gasteiger charge is 2.31. The number of aliphatic hydroxyl groups excluding tert-OH is 1. The van der Waals surface area contributed by atoms with E-state index in [0.29, 0.717) is 30.9 Å². The summed E-state index contributed by atoms with van der Waals surface area (Å²) < 4.78 is 36.1. The first-order chi connectivity index (χ1) is 11.6. The number of nitrogens with one attached hydrogen (secondary N) is 1. The van der Waals surface area contributed by atoms with Gasteiger partial charge in [0.25, 0.3) is 0 Å². The molecule has 0 radical (unpaired) electrons. The molecule has 1 aliphatic rings. The van der Waals surface area contributed by atoms with E-state index in [2.05, 4.69) is 19.2 Å². The van der Waals surface area contributed by atoms with E-state index in [9.17, 15) is 17.9 Å². The van der Waals surface area contributed by atoms with E-state index in [0.717, 1.165) is 19.3 Å². The highest BCUT2D eigenvalue weighted by molar-refractivity contribution is 7.89. The third-order valence-corrected chi connectivity index (χ3v) is 6.47. The Labute approximate surface area is 162 Å². The summed E-state index contributed by atoms with van der Waals surface area (Å²) in [5.41, 5.74) is 0.352. The van der Waals surface area contributed by atoms with Gasteiger partial charge in [-0.15, -0.1) is 12.4 Å². The fraction of sp³-hybridized carbons (Fsp3) is 0.667. The molecule has 5 nitrogen and oxygen atoms in total. The van der Waals surface area contributed by atoms with Gasteiger partial charge in [-0.2, -0.15) is 0 Å². The van der Waals surface area contributed by atoms with Crippen LogP contribution in [0.2, 0.25) is 0 Å². The maximum absolute atomic E-state index is 13.2. The smallest absolute Gasteiger partial charge is 0.211 e. The van der Waals surface area contributed by atoms with E-state index in [1.165, 1.54) is 12.1 Å². The molecule has 2 rings (SSSR count). The average molecular weight is 409 g/mol. The second-order valence-corrected chi connectivity index (χ2v) is 9.62. The number of nitrogens with two attached hydrogens (primary N) is 1. The van der Waals surface area contributed by atoms with Crippen molar-refractivity contribution < 1.29 is 17.9 Å². The summed E-state index contributed by atoms with van der Waals surface area (Å²) in [7, 11) is -3.43. The van der Waals surface area contributed by atoms with Crippen LogP contribution in [0.4, 0.5) is 4.39 Å². The fourth-order valence-corrected chi connectivity index (χ4v) is 4.59. The molecule has 8 heteroatoms. The molecule has 150 valence electrons. The molecule has 1 aromatic rings. The maximum Gasteiger partial charge on any atom is 0.211 e. The number of primary sulfonamides is 1. The van der Waals surface area contributed by atoms with Gasteiger partial charge in [0.1, 0.15) is 5.82 Å². The molecule has 26 heavy (non-hydrogen) atoms. The number of hydrogen-bond acceptors (Lipinski definition) is 4. The molecular weight excluding hydrogens is 379 g/mol. The molecule has 0 heterocycles. The molecule has 0 aliphatic heterocycles. The average Bonchev–Trinajstić information content (AvgIpc) is 2.52. The molecule has 4 N–H and O–H groups in total. The molecule has 1 aliphatic carbocycles. The second-order valence-electron chi connectivity index (χ2n) is 7.77. The van der Waals surface area contributed by atoms with Gasteiger partial charge in [0.2, 0.25) is 10.0 Å². The van der Waals surface area contributed by atoms with Crippen LogP contribution in [0, 0.1) is 11.7 Å². The first-order valence-corrected chi connectivity index (χ1v) is 10.4. The lowest BCUT2D eigenvalue weighted by atomic mass is 9.80. The minimum atomic E-state index is -3.43. The Hall–Kier alpha value is -0.730. The molecule has 1 atom stereocenters. The Morgan fingerprint density at radius 1 is 1.31 bits per heavy atom. The number of benzene rings is 1. The van der Waals surface area contributed by atoms with Gasteiger partial charge in [-0.3, -0.25) is 0 Å². The van der Waals surface area contributed by atoms with E-state index < -0.39 is 21.4 Å². The fourth-order valence-electron chi connectivity index (χ4n) is 3.66. The number of rotatable bonds is 7. The Bertz CT molecular complexity index is 677. The van der Waals surface area contributed by atoms with Gasteiger partial charge in [0, 0.05) is 12.1 Å². The molecule has 0 unspecified atom stereocenters. The highest BCUT2D eigenvalue weighted by Crippen LogP contribution is 2.33. The molecule has 1 fully saturated rings. The Kier molecular flexibility index (Phi) is 8.48. The van der Waals surface area contributed by atoms with Crippen LogP contribution >= 0.6 is 12.4 Å². The monoisotopic (exact) mass is 408 g/mol. The predicted octanol–water partition coefficient (Wildman–Crippen LogP) is 2.89. The molecular formula is C18H30ClFN2O3S. The lowest BCUT2D eigenvalue weighted by Crippen LogP contribution is -2.44. The third kappa shape index (κ3) is 7.12. The summed E-state index contributed by atoms with van der Waals surface area (Å²) in [4.78, 5) is 0. The van der Waals surface area contributed by atoms with Crippen molar-refractivity contribution in [1.29, 1.82) is 0 Å². The van der Waals surface area contributed by atoms with E-state index in [1.807, 2.05) is 0 Å². The molecule has 0 spiro atoms. The normalized spacial score (nSPS) is 22.5. The Balaban J connectivity index is 0.00000338. The van der Waals surface area contributed by atoms with Gasteiger partial charge in [-0.25, -0.2) is 17.9 Å². The van der Waals surface area contributed by atoms with E-state index >= 15 is 0 Å². The van der Waals surface area contributed by atoms with Crippen molar-refractivity contribution in [2.75, 3.05) is 6.54 Å². The van der Waals surface area contributed by atoms with Crippen molar-refractivity contribution in [2.24, 2.45) is 11.1 Å². The zero-order valence-corrected chi connectivity index (χ0v) is 17.0. The van der Waals surface area contributed by atoms with E-state index in [-0.39, 0.29) is 23.8 Å². The second kappa shape index (κ2) is 9.46. The van der Waals surface area contributed by atoms with Gasteiger partial charge in [-0.05, 0) is 69.6 Å². The number of halogens is 2. The van der Waals surface area contributed by atoms with Crippen LogP contribution in [-0.2, 0) is 10.0 Å². The minimum absolute atomic E-state index is 0. The molecule has 1 saturated carbocycles. The van der Waals surface area contributed by atoms with Gasteiger partial charge in [0.15, 0.2) is 0 Å². The molecule has 0 bridgehead atoms. The zero-order chi connectivity index (χ0) is 18.7. The van der Waals surface area contributed by atoms with Gasteiger partial charge in [-0.1, -0.05) is 12.1 Å². The summed E-state index contributed by atoms with van der Waals surface area (Å²) in [5, 5.41) is 18.4. The van der Waals surface area contributed by atoms with E-state index in [1.54, 1.807) is 12.1 Å². The van der Waals surface area contributed by atoms with Crippen molar-refractivity contribution >= 4 is 22.4 Å². The summed E-state index contributed by atoms with van der Waals surface area (Å²) in [5.74, 6) is 0.0780. The lowest BCUT2D eigenvalue weighted by molar-refractivity contribution is 0.151. The standard InChI is InChI=1S/C18H29FN2O3S.ClH/c1-18(2,11-13-6-8-16(9-7-13)25(20,23)24)21-12-17(22)14-4-3-5-15(19)10-14;/h3-5,10,13,16-17,21-22H,6-9,11-12H2,1-2H3,(H2,20,23,24);1H/t13?,16?,17-;/m0./s1. The number of β-amino-alcohol motifs (C(OH)–C–C–N with tert-alkyl or cyclic N) is 1. The summed E-state index contributed by atoms with van der Waals surface area (Å²) in [6.07, 6.45) is 3.04. The van der Waals surface area contributed by atoms with Gasteiger partial charge >= 0.3 is 0 Å². The first-order valence-electron chi connectivity index (χ1n) is 8.77. The van der Waals surface area contributed by atoms with Crippen molar-refractivity contribution in [3.05, 3.63) is 35.6 Å². The zero-order valence-electron chi connectivity index (χ0n) is 15.3. The van der Waals surface area contributed by atoms with E-state index in [4.69, 9.17) is 5.14 Å². The van der Waals surface area contributed by atoms with Gasteiger partial charge < -0.3 is 10.4 Å². The van der Waals surface area contributed by atoms with Crippen LogP contribution < -0.4 is 10.5 Å². The van der Waals surface area contributed by atoms with Crippen molar-refractivity contribution in [3.8, 4) is 0 Å². The summed E-state index contributed by atoms with van der Waals surface area (Å²) in [6, 6.07) is 5.99. The quantitative estimate of drug-likeness (QED) is 0.646. The largest absolute Gasteiger partial charge is 0.387 e. The number of sulfonamides is 1. The summed E-state index contributed by atoms with van der Waals surface area (Å²) >= 11 is 0. The SMILES string of the molecule is CC(C)(CC1CCC(S(N)(=O)=O)CC1)NC[C@H](O)c1cccc(F)c1.Cl. The van der Waals surface area contributed by atoms with Crippen molar-refractivity contribution in [2.45, 2.75) is 62.8 Å². The van der Waals surface area contributed by atoms with Crippen LogP contribution in [0.5, 0.6) is 0 Å². The number of hydrogen-bond donors (Lipinski definition) is 3. The Morgan fingerprint density at radius 3 is 2.46 bits per heavy atom. The molecule has 0 aromatic heterocycles. The lowest BCUT2D eigenvalue weighted by Gasteiger charge is -2.35. The summed E-state index contributed by atoms with van der Waals surface area (Å²) in [6.45, 7) is 4.47. The van der Waals surface area contributed by atoms with Crippen molar-refractivity contribution in [1.82, 2.24) is 5.32 Å². The minimum Gasteiger partial charge on any atom is -0.387 e. The topological polar surface area (TPSA) is 92.4 Å². The molecule has 1 aromatic carbocycles. The predicted molar refractivity (Wildman–Crippen MR) is 104 cm³/mol. The highest BCUT2D eigenvalue weighted by atomic mass is 35.5. The first kappa shape index (κ1) is 23.3.